The molecule has 0 aliphatic carbocycles. The summed E-state index contributed by atoms with van der Waals surface area (Å²) in [4.78, 5) is 0. The quantitative estimate of drug-likeness (QED) is 0.685. The highest BCUT2D eigenvalue weighted by Crippen LogP contribution is 2.29. The molecular formula is C20H22F3N. The van der Waals surface area contributed by atoms with E-state index in [1.807, 2.05) is 0 Å². The van der Waals surface area contributed by atoms with E-state index in [0.717, 1.165) is 48.9 Å². The molecular weight excluding hydrogens is 311 g/mol. The van der Waals surface area contributed by atoms with Crippen molar-refractivity contribution in [2.24, 2.45) is 5.73 Å². The summed E-state index contributed by atoms with van der Waals surface area (Å²) >= 11 is 0. The molecule has 2 aromatic carbocycles. The van der Waals surface area contributed by atoms with Gasteiger partial charge in [-0.3, -0.25) is 0 Å². The van der Waals surface area contributed by atoms with Crippen LogP contribution in [-0.2, 0) is 25.4 Å². The zero-order valence-electron chi connectivity index (χ0n) is 13.6. The van der Waals surface area contributed by atoms with Crippen LogP contribution in [0.2, 0.25) is 0 Å². The van der Waals surface area contributed by atoms with Crippen LogP contribution in [0, 0.1) is 0 Å². The van der Waals surface area contributed by atoms with Crippen molar-refractivity contribution >= 4 is 0 Å². The van der Waals surface area contributed by atoms with Crippen LogP contribution < -0.4 is 5.73 Å². The van der Waals surface area contributed by atoms with E-state index in [-0.39, 0.29) is 0 Å². The molecule has 0 fully saturated rings. The molecule has 2 aromatic rings. The van der Waals surface area contributed by atoms with Crippen molar-refractivity contribution in [1.82, 2.24) is 0 Å². The average molecular weight is 333 g/mol. The Hall–Kier alpha value is -2.23. The highest BCUT2D eigenvalue weighted by atomic mass is 19.4. The first-order valence-electron chi connectivity index (χ1n) is 8.02. The number of rotatable bonds is 7. The first-order chi connectivity index (χ1) is 11.3. The Labute approximate surface area is 141 Å². The van der Waals surface area contributed by atoms with Gasteiger partial charge in [-0.2, -0.15) is 13.2 Å². The number of nitrogens with two attached hydrogens (primary N) is 1. The second kappa shape index (κ2) is 8.04. The van der Waals surface area contributed by atoms with Crippen molar-refractivity contribution in [2.45, 2.75) is 38.3 Å². The fourth-order valence-electron chi connectivity index (χ4n) is 2.60. The van der Waals surface area contributed by atoms with Gasteiger partial charge in [-0.05, 0) is 54.5 Å². The molecule has 0 aliphatic heterocycles. The third-order valence-corrected chi connectivity index (χ3v) is 3.92. The molecule has 0 aromatic heterocycles. The van der Waals surface area contributed by atoms with E-state index in [0.29, 0.717) is 12.1 Å². The standard InChI is InChI=1S/C20H22F3N/c1-15(24)14-18-8-6-16(7-9-18)4-2-3-5-17-10-12-19(13-11-17)20(21,22)23/h6-13H,1-5,14,24H2. The molecule has 0 aliphatic rings. The molecule has 24 heavy (non-hydrogen) atoms. The van der Waals surface area contributed by atoms with Crippen molar-refractivity contribution in [3.05, 3.63) is 83.1 Å². The molecule has 0 saturated heterocycles. The van der Waals surface area contributed by atoms with Crippen LogP contribution in [0.4, 0.5) is 13.2 Å². The molecule has 0 bridgehead atoms. The number of halogens is 3. The predicted octanol–water partition coefficient (Wildman–Crippen LogP) is 5.29. The maximum Gasteiger partial charge on any atom is 0.416 e. The summed E-state index contributed by atoms with van der Waals surface area (Å²) < 4.78 is 37.5. The fourth-order valence-corrected chi connectivity index (χ4v) is 2.60. The summed E-state index contributed by atoms with van der Waals surface area (Å²) in [5.41, 5.74) is 9.00. The number of hydrogen-bond donors (Lipinski definition) is 1. The van der Waals surface area contributed by atoms with Crippen LogP contribution in [0.3, 0.4) is 0 Å². The Morgan fingerprint density at radius 1 is 0.792 bits per heavy atom. The minimum absolute atomic E-state index is 0.591. The Morgan fingerprint density at radius 2 is 1.21 bits per heavy atom. The molecule has 4 heteroatoms. The Balaban J connectivity index is 1.75. The van der Waals surface area contributed by atoms with Gasteiger partial charge in [-0.15, -0.1) is 0 Å². The van der Waals surface area contributed by atoms with Gasteiger partial charge in [0.1, 0.15) is 0 Å². The Kier molecular flexibility index (Phi) is 6.07. The highest BCUT2D eigenvalue weighted by Gasteiger charge is 2.29. The summed E-state index contributed by atoms with van der Waals surface area (Å²) in [5, 5.41) is 0. The van der Waals surface area contributed by atoms with E-state index < -0.39 is 11.7 Å². The molecule has 0 atom stereocenters. The van der Waals surface area contributed by atoms with Crippen LogP contribution in [0.5, 0.6) is 0 Å². The van der Waals surface area contributed by atoms with E-state index in [1.54, 1.807) is 12.1 Å². The zero-order chi connectivity index (χ0) is 17.6. The van der Waals surface area contributed by atoms with Crippen LogP contribution in [0.15, 0.2) is 60.8 Å². The summed E-state index contributed by atoms with van der Waals surface area (Å²) in [6, 6.07) is 13.7. The SMILES string of the molecule is C=C(N)Cc1ccc(CCCCc2ccc(C(F)(F)F)cc2)cc1. The van der Waals surface area contributed by atoms with Gasteiger partial charge in [0.15, 0.2) is 0 Å². The molecule has 128 valence electrons. The molecule has 0 unspecified atom stereocenters. The lowest BCUT2D eigenvalue weighted by atomic mass is 10.0. The van der Waals surface area contributed by atoms with E-state index in [4.69, 9.17) is 5.73 Å². The highest BCUT2D eigenvalue weighted by molar-refractivity contribution is 5.26. The summed E-state index contributed by atoms with van der Waals surface area (Å²) in [7, 11) is 0. The smallest absolute Gasteiger partial charge is 0.402 e. The second-order valence-electron chi connectivity index (χ2n) is 6.05. The van der Waals surface area contributed by atoms with Crippen molar-refractivity contribution in [2.75, 3.05) is 0 Å². The lowest BCUT2D eigenvalue weighted by molar-refractivity contribution is -0.137. The Bertz CT molecular complexity index is 655. The van der Waals surface area contributed by atoms with Crippen molar-refractivity contribution in [3.8, 4) is 0 Å². The van der Waals surface area contributed by atoms with Crippen LogP contribution >= 0.6 is 0 Å². The largest absolute Gasteiger partial charge is 0.416 e. The zero-order valence-corrected chi connectivity index (χ0v) is 13.6. The third-order valence-electron chi connectivity index (χ3n) is 3.92. The van der Waals surface area contributed by atoms with Gasteiger partial charge in [0.05, 0.1) is 5.56 Å². The maximum atomic E-state index is 12.5. The van der Waals surface area contributed by atoms with Gasteiger partial charge in [0.2, 0.25) is 0 Å². The maximum absolute atomic E-state index is 12.5. The minimum atomic E-state index is -4.26. The lowest BCUT2D eigenvalue weighted by Crippen LogP contribution is -2.04. The van der Waals surface area contributed by atoms with E-state index >= 15 is 0 Å². The number of alkyl halides is 3. The number of aryl methyl sites for hydroxylation is 2. The molecule has 0 spiro atoms. The number of hydrogen-bond acceptors (Lipinski definition) is 1. The van der Waals surface area contributed by atoms with Gasteiger partial charge < -0.3 is 5.73 Å². The number of benzene rings is 2. The summed E-state index contributed by atoms with van der Waals surface area (Å²) in [6.45, 7) is 3.70. The van der Waals surface area contributed by atoms with Gasteiger partial charge in [-0.1, -0.05) is 43.0 Å². The summed E-state index contributed by atoms with van der Waals surface area (Å²) in [6.07, 6.45) is 0.138. The fraction of sp³-hybridized carbons (Fsp3) is 0.300. The number of unbranched alkanes of at least 4 members (excludes halogenated alkanes) is 1. The van der Waals surface area contributed by atoms with Crippen molar-refractivity contribution in [3.63, 3.8) is 0 Å². The normalized spacial score (nSPS) is 11.5. The van der Waals surface area contributed by atoms with Gasteiger partial charge in [-0.25, -0.2) is 0 Å². The molecule has 2 rings (SSSR count). The van der Waals surface area contributed by atoms with Gasteiger partial charge in [0, 0.05) is 12.1 Å². The van der Waals surface area contributed by atoms with Crippen LogP contribution in [-0.4, -0.2) is 0 Å². The number of allylic oxidation sites excluding steroid dienone is 1. The molecule has 0 amide bonds. The third kappa shape index (κ3) is 5.76. The van der Waals surface area contributed by atoms with Crippen molar-refractivity contribution in [1.29, 1.82) is 0 Å². The average Bonchev–Trinajstić information content (AvgIpc) is 2.52. The first kappa shape index (κ1) is 18.1. The van der Waals surface area contributed by atoms with Gasteiger partial charge >= 0.3 is 6.18 Å². The molecule has 1 nitrogen and oxygen atoms in total. The first-order valence-corrected chi connectivity index (χ1v) is 8.02. The van der Waals surface area contributed by atoms with E-state index in [2.05, 4.69) is 30.8 Å². The second-order valence-corrected chi connectivity index (χ2v) is 6.05. The lowest BCUT2D eigenvalue weighted by Gasteiger charge is -2.08. The topological polar surface area (TPSA) is 26.0 Å². The Morgan fingerprint density at radius 3 is 1.62 bits per heavy atom. The molecule has 2 N–H and O–H groups in total. The van der Waals surface area contributed by atoms with Crippen LogP contribution in [0.1, 0.15) is 35.1 Å². The molecule has 0 saturated carbocycles. The van der Waals surface area contributed by atoms with Crippen molar-refractivity contribution < 1.29 is 13.2 Å². The monoisotopic (exact) mass is 333 g/mol. The van der Waals surface area contributed by atoms with E-state index in [1.165, 1.54) is 5.56 Å². The van der Waals surface area contributed by atoms with E-state index in [9.17, 15) is 13.2 Å². The van der Waals surface area contributed by atoms with Gasteiger partial charge in [0.25, 0.3) is 0 Å². The minimum Gasteiger partial charge on any atom is -0.402 e. The predicted molar refractivity (Wildman–Crippen MR) is 91.6 cm³/mol. The molecule has 0 heterocycles. The summed E-state index contributed by atoms with van der Waals surface area (Å²) in [5.74, 6) is 0. The van der Waals surface area contributed by atoms with Crippen LogP contribution in [0.25, 0.3) is 0 Å². The molecule has 0 radical (unpaired) electrons.